The summed E-state index contributed by atoms with van der Waals surface area (Å²) < 4.78 is 1.70. The Morgan fingerprint density at radius 2 is 2.18 bits per heavy atom. The highest BCUT2D eigenvalue weighted by Crippen LogP contribution is 2.16. The number of rotatable bonds is 2. The number of nitrogens with zero attached hydrogens (tertiary/aromatic N) is 1. The molecule has 0 aliphatic heterocycles. The van der Waals surface area contributed by atoms with Gasteiger partial charge in [0.1, 0.15) is 0 Å². The van der Waals surface area contributed by atoms with Crippen LogP contribution in [0.15, 0.2) is 24.3 Å². The van der Waals surface area contributed by atoms with Crippen molar-refractivity contribution in [1.29, 1.82) is 0 Å². The topological polar surface area (TPSA) is 3.24 Å². The fourth-order valence-corrected chi connectivity index (χ4v) is 1.07. The van der Waals surface area contributed by atoms with Crippen LogP contribution in [0.3, 0.4) is 0 Å². The molecule has 0 aromatic heterocycles. The highest BCUT2D eigenvalue weighted by Gasteiger charge is 1.98. The van der Waals surface area contributed by atoms with Crippen LogP contribution in [0, 0.1) is 6.92 Å². The quantitative estimate of drug-likeness (QED) is 0.616. The lowest BCUT2D eigenvalue weighted by Gasteiger charge is -2.12. The van der Waals surface area contributed by atoms with Crippen molar-refractivity contribution in [2.24, 2.45) is 0 Å². The van der Waals surface area contributed by atoms with Crippen LogP contribution in [0.25, 0.3) is 0 Å². The average molecular weight is 170 g/mol. The van der Waals surface area contributed by atoms with Crippen molar-refractivity contribution in [3.8, 4) is 0 Å². The summed E-state index contributed by atoms with van der Waals surface area (Å²) in [5, 5.41) is 0. The summed E-state index contributed by atoms with van der Waals surface area (Å²) >= 11 is 5.90. The van der Waals surface area contributed by atoms with Crippen molar-refractivity contribution in [2.45, 2.75) is 13.8 Å². The van der Waals surface area contributed by atoms with Crippen molar-refractivity contribution in [3.05, 3.63) is 29.8 Å². The number of benzene rings is 1. The summed E-state index contributed by atoms with van der Waals surface area (Å²) in [6.45, 7) is 4.91. The second-order valence-electron chi connectivity index (χ2n) is 2.52. The second kappa shape index (κ2) is 3.63. The molecule has 2 heteroatoms. The SMILES string of the molecule is CCN(Cl)c1cccc(C)c1. The molecule has 0 aliphatic rings. The van der Waals surface area contributed by atoms with Crippen molar-refractivity contribution < 1.29 is 0 Å². The van der Waals surface area contributed by atoms with Crippen LogP contribution >= 0.6 is 11.8 Å². The van der Waals surface area contributed by atoms with Crippen molar-refractivity contribution in [1.82, 2.24) is 0 Å². The normalized spacial score (nSPS) is 9.73. The number of aryl methyl sites for hydroxylation is 1. The Labute approximate surface area is 72.7 Å². The van der Waals surface area contributed by atoms with Crippen molar-refractivity contribution in [3.63, 3.8) is 0 Å². The lowest BCUT2D eigenvalue weighted by Crippen LogP contribution is -2.07. The van der Waals surface area contributed by atoms with E-state index in [-0.39, 0.29) is 0 Å². The largest absolute Gasteiger partial charge is 0.286 e. The van der Waals surface area contributed by atoms with E-state index in [4.69, 9.17) is 11.8 Å². The summed E-state index contributed by atoms with van der Waals surface area (Å²) in [4.78, 5) is 0. The van der Waals surface area contributed by atoms with E-state index in [0.29, 0.717) is 0 Å². The highest BCUT2D eigenvalue weighted by molar-refractivity contribution is 6.25. The van der Waals surface area contributed by atoms with Gasteiger partial charge in [0, 0.05) is 18.3 Å². The van der Waals surface area contributed by atoms with Crippen LogP contribution in [0.4, 0.5) is 5.69 Å². The maximum Gasteiger partial charge on any atom is 0.0525 e. The van der Waals surface area contributed by atoms with E-state index in [9.17, 15) is 0 Å². The fraction of sp³-hybridized carbons (Fsp3) is 0.333. The van der Waals surface area contributed by atoms with Crippen LogP contribution in [-0.2, 0) is 0 Å². The molecule has 0 aliphatic carbocycles. The molecule has 0 spiro atoms. The van der Waals surface area contributed by atoms with Gasteiger partial charge in [-0.25, -0.2) is 0 Å². The van der Waals surface area contributed by atoms with E-state index in [1.165, 1.54) is 5.56 Å². The van der Waals surface area contributed by atoms with Gasteiger partial charge in [-0.1, -0.05) is 12.1 Å². The Hall–Kier alpha value is -0.690. The monoisotopic (exact) mass is 169 g/mol. The van der Waals surface area contributed by atoms with E-state index in [1.54, 1.807) is 4.42 Å². The van der Waals surface area contributed by atoms with Crippen LogP contribution in [0.5, 0.6) is 0 Å². The fourth-order valence-electron chi connectivity index (χ4n) is 0.961. The van der Waals surface area contributed by atoms with E-state index in [0.717, 1.165) is 12.2 Å². The predicted octanol–water partition coefficient (Wildman–Crippen LogP) is 2.98. The van der Waals surface area contributed by atoms with Crippen LogP contribution in [0.1, 0.15) is 12.5 Å². The molecule has 0 unspecified atom stereocenters. The zero-order chi connectivity index (χ0) is 8.27. The Bertz CT molecular complexity index is 235. The summed E-state index contributed by atoms with van der Waals surface area (Å²) in [7, 11) is 0. The molecule has 1 rings (SSSR count). The first-order chi connectivity index (χ1) is 5.24. The molecule has 60 valence electrons. The zero-order valence-corrected chi connectivity index (χ0v) is 7.60. The molecule has 0 radical (unpaired) electrons. The molecule has 0 fully saturated rings. The molecule has 1 aromatic carbocycles. The van der Waals surface area contributed by atoms with Gasteiger partial charge in [0.2, 0.25) is 0 Å². The van der Waals surface area contributed by atoms with Crippen LogP contribution in [-0.4, -0.2) is 6.54 Å². The van der Waals surface area contributed by atoms with Crippen molar-refractivity contribution >= 4 is 17.5 Å². The van der Waals surface area contributed by atoms with E-state index < -0.39 is 0 Å². The summed E-state index contributed by atoms with van der Waals surface area (Å²) in [6, 6.07) is 8.14. The third kappa shape index (κ3) is 2.12. The van der Waals surface area contributed by atoms with Gasteiger partial charge in [0.15, 0.2) is 0 Å². The number of hydrogen-bond donors (Lipinski definition) is 0. The molecule has 0 N–H and O–H groups in total. The van der Waals surface area contributed by atoms with E-state index in [1.807, 2.05) is 19.1 Å². The molecule has 0 saturated carbocycles. The Morgan fingerprint density at radius 3 is 2.73 bits per heavy atom. The van der Waals surface area contributed by atoms with Gasteiger partial charge in [0.25, 0.3) is 0 Å². The minimum absolute atomic E-state index is 0.824. The first-order valence-electron chi connectivity index (χ1n) is 3.74. The van der Waals surface area contributed by atoms with Gasteiger partial charge in [-0.2, -0.15) is 0 Å². The molecule has 11 heavy (non-hydrogen) atoms. The smallest absolute Gasteiger partial charge is 0.0525 e. The minimum Gasteiger partial charge on any atom is -0.286 e. The first kappa shape index (κ1) is 8.41. The van der Waals surface area contributed by atoms with Gasteiger partial charge >= 0.3 is 0 Å². The predicted molar refractivity (Wildman–Crippen MR) is 50.1 cm³/mol. The standard InChI is InChI=1S/C9H12ClN/c1-3-11(10)9-6-4-5-8(2)7-9/h4-7H,3H2,1-2H3. The Morgan fingerprint density at radius 1 is 1.45 bits per heavy atom. The van der Waals surface area contributed by atoms with Gasteiger partial charge in [-0.05, 0) is 31.5 Å². The minimum atomic E-state index is 0.824. The molecule has 0 heterocycles. The van der Waals surface area contributed by atoms with Gasteiger partial charge in [-0.3, -0.25) is 4.42 Å². The lowest BCUT2D eigenvalue weighted by atomic mass is 10.2. The van der Waals surface area contributed by atoms with Gasteiger partial charge in [-0.15, -0.1) is 0 Å². The summed E-state index contributed by atoms with van der Waals surface area (Å²) in [6.07, 6.45) is 0. The molecular weight excluding hydrogens is 158 g/mol. The average Bonchev–Trinajstić information content (AvgIpc) is 2.03. The highest BCUT2D eigenvalue weighted by atomic mass is 35.5. The number of halogens is 1. The molecular formula is C9H12ClN. The summed E-state index contributed by atoms with van der Waals surface area (Å²) in [5.41, 5.74) is 2.30. The molecule has 1 nitrogen and oxygen atoms in total. The number of hydrogen-bond acceptors (Lipinski definition) is 1. The maximum absolute atomic E-state index is 5.90. The number of anilines is 1. The molecule has 0 atom stereocenters. The molecule has 0 amide bonds. The van der Waals surface area contributed by atoms with Crippen LogP contribution < -0.4 is 4.42 Å². The first-order valence-corrected chi connectivity index (χ1v) is 4.08. The van der Waals surface area contributed by atoms with E-state index in [2.05, 4.69) is 19.1 Å². The summed E-state index contributed by atoms with van der Waals surface area (Å²) in [5.74, 6) is 0. The third-order valence-electron chi connectivity index (χ3n) is 1.56. The maximum atomic E-state index is 5.90. The van der Waals surface area contributed by atoms with Crippen LogP contribution in [0.2, 0.25) is 0 Å². The molecule has 0 saturated heterocycles. The Kier molecular flexibility index (Phi) is 2.77. The van der Waals surface area contributed by atoms with Crippen molar-refractivity contribution in [2.75, 3.05) is 11.0 Å². The van der Waals surface area contributed by atoms with Gasteiger partial charge < -0.3 is 0 Å². The molecule has 0 bridgehead atoms. The van der Waals surface area contributed by atoms with Gasteiger partial charge in [0.05, 0.1) is 5.69 Å². The lowest BCUT2D eigenvalue weighted by molar-refractivity contribution is 1.10. The van der Waals surface area contributed by atoms with E-state index >= 15 is 0 Å². The Balaban J connectivity index is 2.86. The second-order valence-corrected chi connectivity index (χ2v) is 2.93. The zero-order valence-electron chi connectivity index (χ0n) is 6.84. The third-order valence-corrected chi connectivity index (χ3v) is 1.99. The molecule has 1 aromatic rings.